The first-order valence-electron chi connectivity index (χ1n) is 5.40. The number of hydrogen-bond acceptors (Lipinski definition) is 1. The third-order valence-electron chi connectivity index (χ3n) is 2.98. The predicted octanol–water partition coefficient (Wildman–Crippen LogP) is 4.88. The van der Waals surface area contributed by atoms with Crippen molar-refractivity contribution < 1.29 is 0 Å². The first-order valence-corrected chi connectivity index (χ1v) is 6.99. The standard InChI is InChI=1S/C13H14Br2N2/c1-6-10(16-8(3)12(6)14)5-11-7(2)13(15)9(4)17-11/h5,16H,1-4H3/b11-5-. The average molecular weight is 358 g/mol. The number of allylic oxidation sites excluding steroid dienone is 2. The second-order valence-corrected chi connectivity index (χ2v) is 5.85. The minimum Gasteiger partial charge on any atom is -0.358 e. The summed E-state index contributed by atoms with van der Waals surface area (Å²) in [6, 6.07) is 0. The zero-order chi connectivity index (χ0) is 12.7. The molecule has 2 rings (SSSR count). The van der Waals surface area contributed by atoms with Crippen molar-refractivity contribution in [1.82, 2.24) is 4.98 Å². The van der Waals surface area contributed by atoms with Crippen molar-refractivity contribution in [3.63, 3.8) is 0 Å². The molecule has 0 saturated carbocycles. The fourth-order valence-corrected chi connectivity index (χ4v) is 2.47. The first kappa shape index (κ1) is 12.8. The Morgan fingerprint density at radius 2 is 1.76 bits per heavy atom. The quantitative estimate of drug-likeness (QED) is 0.742. The van der Waals surface area contributed by atoms with Crippen molar-refractivity contribution in [2.45, 2.75) is 27.7 Å². The molecule has 2 heterocycles. The molecule has 0 unspecified atom stereocenters. The van der Waals surface area contributed by atoms with E-state index in [1.54, 1.807) is 0 Å². The molecule has 1 aliphatic rings. The van der Waals surface area contributed by atoms with Crippen LogP contribution in [-0.4, -0.2) is 10.7 Å². The zero-order valence-electron chi connectivity index (χ0n) is 10.3. The van der Waals surface area contributed by atoms with Gasteiger partial charge in [-0.1, -0.05) is 0 Å². The Labute approximate surface area is 118 Å². The van der Waals surface area contributed by atoms with E-state index in [1.165, 1.54) is 11.1 Å². The highest BCUT2D eigenvalue weighted by Crippen LogP contribution is 2.32. The molecule has 90 valence electrons. The van der Waals surface area contributed by atoms with Gasteiger partial charge >= 0.3 is 0 Å². The van der Waals surface area contributed by atoms with Gasteiger partial charge in [-0.3, -0.25) is 4.99 Å². The summed E-state index contributed by atoms with van der Waals surface area (Å²) < 4.78 is 2.24. The van der Waals surface area contributed by atoms with Crippen molar-refractivity contribution in [3.8, 4) is 0 Å². The SMILES string of the molecule is CC1=N/C(=C\c2[nH]c(C)c(Br)c2C)C(C)=C1Br. The molecule has 1 aromatic heterocycles. The van der Waals surface area contributed by atoms with Gasteiger partial charge in [0.1, 0.15) is 0 Å². The molecule has 2 nitrogen and oxygen atoms in total. The molecule has 0 fully saturated rings. The highest BCUT2D eigenvalue weighted by Gasteiger charge is 2.16. The van der Waals surface area contributed by atoms with Crippen LogP contribution >= 0.6 is 31.9 Å². The summed E-state index contributed by atoms with van der Waals surface area (Å²) in [6.45, 7) is 8.24. The van der Waals surface area contributed by atoms with Crippen LogP contribution in [0.25, 0.3) is 6.08 Å². The van der Waals surface area contributed by atoms with E-state index in [0.29, 0.717) is 0 Å². The van der Waals surface area contributed by atoms with Crippen LogP contribution in [0.15, 0.2) is 25.2 Å². The van der Waals surface area contributed by atoms with Crippen LogP contribution in [0.4, 0.5) is 0 Å². The highest BCUT2D eigenvalue weighted by atomic mass is 79.9. The summed E-state index contributed by atoms with van der Waals surface area (Å²) in [6.07, 6.45) is 2.10. The van der Waals surface area contributed by atoms with Crippen molar-refractivity contribution in [2.24, 2.45) is 4.99 Å². The fraction of sp³-hybridized carbons (Fsp3) is 0.308. The van der Waals surface area contributed by atoms with E-state index in [1.807, 2.05) is 6.92 Å². The van der Waals surface area contributed by atoms with E-state index in [0.717, 1.165) is 31.8 Å². The number of rotatable bonds is 1. The van der Waals surface area contributed by atoms with E-state index in [9.17, 15) is 0 Å². The van der Waals surface area contributed by atoms with Crippen LogP contribution < -0.4 is 0 Å². The van der Waals surface area contributed by atoms with E-state index >= 15 is 0 Å². The lowest BCUT2D eigenvalue weighted by molar-refractivity contribution is 1.23. The van der Waals surface area contributed by atoms with Gasteiger partial charge in [0.2, 0.25) is 0 Å². The number of halogens is 2. The Morgan fingerprint density at radius 1 is 1.12 bits per heavy atom. The number of aliphatic imine (C=N–C) groups is 1. The summed E-state index contributed by atoms with van der Waals surface area (Å²) in [5, 5.41) is 0. The van der Waals surface area contributed by atoms with Crippen LogP contribution in [0.3, 0.4) is 0 Å². The Hall–Kier alpha value is -0.610. The largest absolute Gasteiger partial charge is 0.358 e. The Bertz CT molecular complexity index is 574. The van der Waals surface area contributed by atoms with Crippen molar-refractivity contribution in [1.29, 1.82) is 0 Å². The molecular weight excluding hydrogens is 344 g/mol. The van der Waals surface area contributed by atoms with Gasteiger partial charge < -0.3 is 4.98 Å². The molecule has 17 heavy (non-hydrogen) atoms. The monoisotopic (exact) mass is 356 g/mol. The summed E-state index contributed by atoms with van der Waals surface area (Å²) in [5.41, 5.74) is 6.72. The van der Waals surface area contributed by atoms with Crippen LogP contribution in [0, 0.1) is 13.8 Å². The van der Waals surface area contributed by atoms with Gasteiger partial charge in [-0.25, -0.2) is 0 Å². The summed E-state index contributed by atoms with van der Waals surface area (Å²) in [7, 11) is 0. The number of H-pyrrole nitrogens is 1. The molecule has 0 radical (unpaired) electrons. The molecule has 1 aromatic rings. The van der Waals surface area contributed by atoms with Crippen molar-refractivity contribution >= 4 is 43.6 Å². The smallest absolute Gasteiger partial charge is 0.0695 e. The topological polar surface area (TPSA) is 28.1 Å². The predicted molar refractivity (Wildman–Crippen MR) is 80.7 cm³/mol. The lowest BCUT2D eigenvalue weighted by atomic mass is 10.1. The van der Waals surface area contributed by atoms with E-state index in [4.69, 9.17) is 0 Å². The Kier molecular flexibility index (Phi) is 3.46. The zero-order valence-corrected chi connectivity index (χ0v) is 13.5. The van der Waals surface area contributed by atoms with Crippen molar-refractivity contribution in [3.05, 3.63) is 37.2 Å². The maximum atomic E-state index is 4.55. The molecule has 0 atom stereocenters. The Morgan fingerprint density at radius 3 is 2.18 bits per heavy atom. The molecule has 1 aliphatic heterocycles. The molecule has 4 heteroatoms. The molecule has 0 spiro atoms. The van der Waals surface area contributed by atoms with Gasteiger partial charge in [0.15, 0.2) is 0 Å². The van der Waals surface area contributed by atoms with Crippen LogP contribution in [-0.2, 0) is 0 Å². The average Bonchev–Trinajstić information content (AvgIpc) is 2.66. The molecule has 1 N–H and O–H groups in total. The highest BCUT2D eigenvalue weighted by molar-refractivity contribution is 9.12. The number of hydrogen-bond donors (Lipinski definition) is 1. The molecule has 0 amide bonds. The van der Waals surface area contributed by atoms with Gasteiger partial charge in [-0.15, -0.1) is 0 Å². The number of aromatic amines is 1. The second kappa shape index (κ2) is 4.58. The number of aryl methyl sites for hydroxylation is 1. The number of nitrogens with one attached hydrogen (secondary N) is 1. The summed E-state index contributed by atoms with van der Waals surface area (Å²) in [5.74, 6) is 0. The normalized spacial score (nSPS) is 18.2. The lowest BCUT2D eigenvalue weighted by Gasteiger charge is -1.97. The van der Waals surface area contributed by atoms with E-state index < -0.39 is 0 Å². The molecule has 0 saturated heterocycles. The summed E-state index contributed by atoms with van der Waals surface area (Å²) in [4.78, 5) is 7.91. The molecule has 0 bridgehead atoms. The Balaban J connectivity index is 2.49. The third-order valence-corrected chi connectivity index (χ3v) is 5.34. The van der Waals surface area contributed by atoms with Crippen LogP contribution in [0.5, 0.6) is 0 Å². The third kappa shape index (κ3) is 2.20. The minimum absolute atomic E-state index is 1.02. The molecule has 0 aromatic carbocycles. The van der Waals surface area contributed by atoms with Gasteiger partial charge in [0, 0.05) is 20.3 Å². The van der Waals surface area contributed by atoms with Gasteiger partial charge in [-0.2, -0.15) is 0 Å². The van der Waals surface area contributed by atoms with Gasteiger partial charge in [0.25, 0.3) is 0 Å². The summed E-state index contributed by atoms with van der Waals surface area (Å²) >= 11 is 7.12. The first-order chi connectivity index (χ1) is 7.91. The lowest BCUT2D eigenvalue weighted by Crippen LogP contribution is -1.83. The maximum Gasteiger partial charge on any atom is 0.0695 e. The van der Waals surface area contributed by atoms with Crippen molar-refractivity contribution in [2.75, 3.05) is 0 Å². The van der Waals surface area contributed by atoms with Gasteiger partial charge in [-0.05, 0) is 76.8 Å². The second-order valence-electron chi connectivity index (χ2n) is 4.27. The van der Waals surface area contributed by atoms with Crippen LogP contribution in [0.1, 0.15) is 30.8 Å². The van der Waals surface area contributed by atoms with E-state index in [2.05, 4.69) is 68.7 Å². The fourth-order valence-electron chi connectivity index (χ4n) is 1.87. The maximum absolute atomic E-state index is 4.55. The number of nitrogens with zero attached hydrogens (tertiary/aromatic N) is 1. The molecular formula is C13H14Br2N2. The van der Waals surface area contributed by atoms with E-state index in [-0.39, 0.29) is 0 Å². The van der Waals surface area contributed by atoms with Gasteiger partial charge in [0.05, 0.1) is 11.4 Å². The number of aromatic nitrogens is 1. The van der Waals surface area contributed by atoms with Crippen LogP contribution in [0.2, 0.25) is 0 Å². The minimum atomic E-state index is 1.02. The molecule has 0 aliphatic carbocycles.